The molecule has 1 fully saturated rings. The molecule has 0 aromatic heterocycles. The Hall–Kier alpha value is -0.340. The summed E-state index contributed by atoms with van der Waals surface area (Å²) in [6.45, 7) is 4.64. The molecule has 1 atom stereocenters. The minimum atomic E-state index is -0.00657. The van der Waals surface area contributed by atoms with E-state index in [-0.39, 0.29) is 5.54 Å². The van der Waals surface area contributed by atoms with Crippen LogP contribution < -0.4 is 5.73 Å². The first-order chi connectivity index (χ1) is 7.40. The third kappa shape index (κ3) is 2.67. The van der Waals surface area contributed by atoms with Crippen molar-refractivity contribution in [1.82, 2.24) is 0 Å². The van der Waals surface area contributed by atoms with Gasteiger partial charge < -0.3 is 5.73 Å². The summed E-state index contributed by atoms with van der Waals surface area (Å²) in [5.41, 5.74) is 8.26. The predicted molar refractivity (Wildman–Crippen MR) is 72.4 cm³/mol. The van der Waals surface area contributed by atoms with Crippen molar-refractivity contribution in [2.24, 2.45) is 11.1 Å². The van der Waals surface area contributed by atoms with Gasteiger partial charge in [-0.1, -0.05) is 48.0 Å². The van der Waals surface area contributed by atoms with Crippen molar-refractivity contribution in [3.8, 4) is 0 Å². The highest BCUT2D eigenvalue weighted by atomic mass is 79.9. The lowest BCUT2D eigenvalue weighted by Crippen LogP contribution is -2.40. The number of nitrogens with two attached hydrogens (primary N) is 1. The summed E-state index contributed by atoms with van der Waals surface area (Å²) < 4.78 is 1.18. The van der Waals surface area contributed by atoms with Crippen LogP contribution in [0.4, 0.5) is 0 Å². The molecule has 1 saturated carbocycles. The quantitative estimate of drug-likeness (QED) is 0.874. The maximum atomic E-state index is 6.51. The third-order valence-corrected chi connectivity index (χ3v) is 4.40. The summed E-state index contributed by atoms with van der Waals surface area (Å²) in [5, 5.41) is 0. The van der Waals surface area contributed by atoms with Gasteiger partial charge in [0.2, 0.25) is 0 Å². The molecule has 16 heavy (non-hydrogen) atoms. The minimum Gasteiger partial charge on any atom is -0.325 e. The Morgan fingerprint density at radius 1 is 1.25 bits per heavy atom. The van der Waals surface area contributed by atoms with Crippen LogP contribution in [0.25, 0.3) is 0 Å². The normalized spacial score (nSPS) is 28.2. The van der Waals surface area contributed by atoms with Crippen LogP contribution in [-0.2, 0) is 6.42 Å². The average Bonchev–Trinajstić information content (AvgIpc) is 2.45. The Morgan fingerprint density at radius 3 is 2.50 bits per heavy atom. The van der Waals surface area contributed by atoms with Crippen molar-refractivity contribution >= 4 is 15.9 Å². The fourth-order valence-electron chi connectivity index (χ4n) is 2.89. The molecule has 0 saturated heterocycles. The zero-order valence-electron chi connectivity index (χ0n) is 10.1. The van der Waals surface area contributed by atoms with E-state index in [1.807, 2.05) is 0 Å². The highest BCUT2D eigenvalue weighted by molar-refractivity contribution is 9.10. The lowest BCUT2D eigenvalue weighted by Gasteiger charge is -2.27. The smallest absolute Gasteiger partial charge is 0.0207 e. The molecule has 88 valence electrons. The fraction of sp³-hybridized carbons (Fsp3) is 0.571. The molecule has 1 aromatic carbocycles. The molecule has 0 spiro atoms. The lowest BCUT2D eigenvalue weighted by atomic mass is 9.85. The van der Waals surface area contributed by atoms with Crippen molar-refractivity contribution in [2.45, 2.75) is 45.1 Å². The first kappa shape index (κ1) is 12.1. The van der Waals surface area contributed by atoms with E-state index in [0.29, 0.717) is 5.41 Å². The summed E-state index contributed by atoms with van der Waals surface area (Å²) in [4.78, 5) is 0. The van der Waals surface area contributed by atoms with E-state index >= 15 is 0 Å². The van der Waals surface area contributed by atoms with E-state index in [4.69, 9.17) is 5.73 Å². The van der Waals surface area contributed by atoms with Crippen molar-refractivity contribution in [3.63, 3.8) is 0 Å². The van der Waals surface area contributed by atoms with Crippen molar-refractivity contribution in [1.29, 1.82) is 0 Å². The Morgan fingerprint density at radius 2 is 1.94 bits per heavy atom. The summed E-state index contributed by atoms with van der Waals surface area (Å²) >= 11 is 3.60. The lowest BCUT2D eigenvalue weighted by molar-refractivity contribution is 0.334. The van der Waals surface area contributed by atoms with E-state index in [1.54, 1.807) is 0 Å². The summed E-state index contributed by atoms with van der Waals surface area (Å²) in [6, 6.07) is 8.40. The van der Waals surface area contributed by atoms with Crippen LogP contribution in [0.15, 0.2) is 28.7 Å². The molecule has 1 aliphatic rings. The molecule has 0 amide bonds. The van der Waals surface area contributed by atoms with E-state index in [1.165, 1.54) is 16.5 Å². The fourth-order valence-corrected chi connectivity index (χ4v) is 3.31. The number of halogens is 1. The van der Waals surface area contributed by atoms with E-state index in [2.05, 4.69) is 54.0 Å². The van der Waals surface area contributed by atoms with Gasteiger partial charge in [0, 0.05) is 10.0 Å². The molecule has 2 rings (SSSR count). The summed E-state index contributed by atoms with van der Waals surface area (Å²) in [7, 11) is 0. The second kappa shape index (κ2) is 4.15. The summed E-state index contributed by atoms with van der Waals surface area (Å²) in [5.74, 6) is 0. The molecule has 1 aliphatic carbocycles. The maximum Gasteiger partial charge on any atom is 0.0207 e. The van der Waals surface area contributed by atoms with Crippen LogP contribution in [0.3, 0.4) is 0 Å². The highest BCUT2D eigenvalue weighted by Gasteiger charge is 2.40. The van der Waals surface area contributed by atoms with Crippen LogP contribution in [0.1, 0.15) is 38.7 Å². The number of hydrogen-bond donors (Lipinski definition) is 1. The van der Waals surface area contributed by atoms with Gasteiger partial charge in [-0.05, 0) is 42.7 Å². The summed E-state index contributed by atoms with van der Waals surface area (Å²) in [6.07, 6.45) is 4.49. The van der Waals surface area contributed by atoms with Gasteiger partial charge in [0.1, 0.15) is 0 Å². The topological polar surface area (TPSA) is 26.0 Å². The van der Waals surface area contributed by atoms with Gasteiger partial charge in [-0.25, -0.2) is 0 Å². The van der Waals surface area contributed by atoms with Crippen molar-refractivity contribution in [3.05, 3.63) is 34.3 Å². The molecule has 2 heteroatoms. The van der Waals surface area contributed by atoms with E-state index < -0.39 is 0 Å². The van der Waals surface area contributed by atoms with Crippen LogP contribution >= 0.6 is 15.9 Å². The second-order valence-electron chi connectivity index (χ2n) is 5.97. The Labute approximate surface area is 107 Å². The van der Waals surface area contributed by atoms with Gasteiger partial charge >= 0.3 is 0 Å². The van der Waals surface area contributed by atoms with E-state index in [0.717, 1.165) is 19.3 Å². The molecule has 0 heterocycles. The molecule has 0 radical (unpaired) electrons. The highest BCUT2D eigenvalue weighted by Crippen LogP contribution is 2.44. The molecule has 0 bridgehead atoms. The van der Waals surface area contributed by atoms with Crippen molar-refractivity contribution in [2.75, 3.05) is 0 Å². The van der Waals surface area contributed by atoms with Crippen LogP contribution in [0.2, 0.25) is 0 Å². The molecule has 1 unspecified atom stereocenters. The average molecular weight is 282 g/mol. The zero-order chi connectivity index (χ0) is 11.8. The Balaban J connectivity index is 2.14. The zero-order valence-corrected chi connectivity index (χ0v) is 11.7. The van der Waals surface area contributed by atoms with Crippen LogP contribution in [-0.4, -0.2) is 5.54 Å². The number of rotatable bonds is 2. The first-order valence-electron chi connectivity index (χ1n) is 5.93. The van der Waals surface area contributed by atoms with Crippen molar-refractivity contribution < 1.29 is 0 Å². The molecule has 1 aromatic rings. The van der Waals surface area contributed by atoms with Gasteiger partial charge in [-0.2, -0.15) is 0 Å². The van der Waals surface area contributed by atoms with Crippen LogP contribution in [0.5, 0.6) is 0 Å². The number of benzene rings is 1. The standard InChI is InChI=1S/C14H20BrN/c1-13(2)7-8-14(16,10-13)9-11-5-3-4-6-12(11)15/h3-6H,7-10,16H2,1-2H3. The largest absolute Gasteiger partial charge is 0.325 e. The Bertz CT molecular complexity index is 386. The molecule has 1 nitrogen and oxygen atoms in total. The molecule has 0 aliphatic heterocycles. The van der Waals surface area contributed by atoms with Gasteiger partial charge in [0.25, 0.3) is 0 Å². The Kier molecular flexibility index (Phi) is 3.15. The van der Waals surface area contributed by atoms with Gasteiger partial charge in [0.05, 0.1) is 0 Å². The second-order valence-corrected chi connectivity index (χ2v) is 6.83. The SMILES string of the molecule is CC1(C)CCC(N)(Cc2ccccc2Br)C1. The van der Waals surface area contributed by atoms with Gasteiger partial charge in [-0.15, -0.1) is 0 Å². The predicted octanol–water partition coefficient (Wildman–Crippen LogP) is 3.90. The van der Waals surface area contributed by atoms with E-state index in [9.17, 15) is 0 Å². The number of hydrogen-bond acceptors (Lipinski definition) is 1. The molecular weight excluding hydrogens is 262 g/mol. The maximum absolute atomic E-state index is 6.51. The first-order valence-corrected chi connectivity index (χ1v) is 6.72. The van der Waals surface area contributed by atoms with Gasteiger partial charge in [0.15, 0.2) is 0 Å². The minimum absolute atomic E-state index is 0.00657. The molecular formula is C14H20BrN. The third-order valence-electron chi connectivity index (χ3n) is 3.63. The molecule has 2 N–H and O–H groups in total. The van der Waals surface area contributed by atoms with Gasteiger partial charge in [-0.3, -0.25) is 0 Å². The van der Waals surface area contributed by atoms with Crippen LogP contribution in [0, 0.1) is 5.41 Å². The monoisotopic (exact) mass is 281 g/mol.